The van der Waals surface area contributed by atoms with Crippen molar-refractivity contribution in [3.05, 3.63) is 58.9 Å². The second-order valence-electron chi connectivity index (χ2n) is 6.11. The zero-order valence-corrected chi connectivity index (χ0v) is 15.2. The van der Waals surface area contributed by atoms with Gasteiger partial charge in [-0.1, -0.05) is 19.1 Å². The Kier molecular flexibility index (Phi) is 6.95. The Morgan fingerprint density at radius 1 is 1.28 bits per heavy atom. The second kappa shape index (κ2) is 9.18. The van der Waals surface area contributed by atoms with E-state index in [1.54, 1.807) is 6.07 Å². The number of benzene rings is 1. The highest BCUT2D eigenvalue weighted by atomic mass is 16.5. The third-order valence-electron chi connectivity index (χ3n) is 4.04. The van der Waals surface area contributed by atoms with Crippen LogP contribution in [0.1, 0.15) is 53.1 Å². The smallest absolute Gasteiger partial charge is 0.251 e. The van der Waals surface area contributed by atoms with Gasteiger partial charge in [-0.2, -0.15) is 0 Å². The van der Waals surface area contributed by atoms with E-state index in [1.807, 2.05) is 51.1 Å². The van der Waals surface area contributed by atoms with E-state index in [1.165, 1.54) is 0 Å². The third kappa shape index (κ3) is 5.29. The van der Waals surface area contributed by atoms with E-state index in [2.05, 4.69) is 10.3 Å². The number of nitrogens with two attached hydrogens (primary N) is 1. The van der Waals surface area contributed by atoms with Gasteiger partial charge >= 0.3 is 0 Å². The minimum absolute atomic E-state index is 0.115. The standard InChI is InChI=1S/C20H27N3O2/c1-4-17(18-8-5-7-15(3)22-18)23-20(24)16-10-9-14(2)19(13-16)25-12-6-11-21/h5,7-10,13,17H,4,6,11-12,21H2,1-3H3,(H,23,24)/t17-/m0/s1. The minimum Gasteiger partial charge on any atom is -0.493 e. The maximum Gasteiger partial charge on any atom is 0.251 e. The zero-order valence-electron chi connectivity index (χ0n) is 15.2. The van der Waals surface area contributed by atoms with Gasteiger partial charge in [-0.05, 0) is 63.1 Å². The molecular weight excluding hydrogens is 314 g/mol. The molecular formula is C20H27N3O2. The largest absolute Gasteiger partial charge is 0.493 e. The molecule has 0 aliphatic rings. The summed E-state index contributed by atoms with van der Waals surface area (Å²) in [5.41, 5.74) is 8.90. The Bertz CT molecular complexity index is 716. The monoisotopic (exact) mass is 341 g/mol. The van der Waals surface area contributed by atoms with Crippen molar-refractivity contribution in [2.75, 3.05) is 13.2 Å². The molecule has 0 unspecified atom stereocenters. The van der Waals surface area contributed by atoms with Gasteiger partial charge in [-0.15, -0.1) is 0 Å². The molecule has 2 aromatic rings. The van der Waals surface area contributed by atoms with Crippen molar-refractivity contribution < 1.29 is 9.53 Å². The van der Waals surface area contributed by atoms with Crippen LogP contribution in [0.5, 0.6) is 5.75 Å². The number of amides is 1. The Balaban J connectivity index is 2.12. The van der Waals surface area contributed by atoms with Crippen molar-refractivity contribution in [2.24, 2.45) is 5.73 Å². The number of rotatable bonds is 8. The fourth-order valence-electron chi connectivity index (χ4n) is 2.55. The summed E-state index contributed by atoms with van der Waals surface area (Å²) in [6.07, 6.45) is 1.56. The van der Waals surface area contributed by atoms with E-state index in [0.717, 1.165) is 35.5 Å². The first kappa shape index (κ1) is 18.9. The predicted octanol–water partition coefficient (Wildman–Crippen LogP) is 3.31. The zero-order chi connectivity index (χ0) is 18.2. The molecule has 0 fully saturated rings. The fraction of sp³-hybridized carbons (Fsp3) is 0.400. The highest BCUT2D eigenvalue weighted by Crippen LogP contribution is 2.21. The average Bonchev–Trinajstić information content (AvgIpc) is 2.61. The molecule has 0 aliphatic heterocycles. The third-order valence-corrected chi connectivity index (χ3v) is 4.04. The molecule has 134 valence electrons. The van der Waals surface area contributed by atoms with Gasteiger partial charge in [0.2, 0.25) is 0 Å². The maximum absolute atomic E-state index is 12.7. The van der Waals surface area contributed by atoms with Crippen LogP contribution in [0.15, 0.2) is 36.4 Å². The number of hydrogen-bond acceptors (Lipinski definition) is 4. The van der Waals surface area contributed by atoms with Gasteiger partial charge in [-0.25, -0.2) is 0 Å². The van der Waals surface area contributed by atoms with Crippen molar-refractivity contribution in [3.63, 3.8) is 0 Å². The molecule has 0 saturated heterocycles. The van der Waals surface area contributed by atoms with Crippen LogP contribution in [-0.4, -0.2) is 24.0 Å². The number of pyridine rings is 1. The number of aromatic nitrogens is 1. The minimum atomic E-state index is -0.126. The summed E-state index contributed by atoms with van der Waals surface area (Å²) in [4.78, 5) is 17.2. The van der Waals surface area contributed by atoms with Crippen molar-refractivity contribution in [1.82, 2.24) is 10.3 Å². The number of aryl methyl sites for hydroxylation is 2. The van der Waals surface area contributed by atoms with E-state index in [9.17, 15) is 4.79 Å². The number of carbonyl (C=O) groups excluding carboxylic acids is 1. The summed E-state index contributed by atoms with van der Waals surface area (Å²) in [6, 6.07) is 11.2. The van der Waals surface area contributed by atoms with E-state index in [4.69, 9.17) is 10.5 Å². The molecule has 5 heteroatoms. The molecule has 1 aromatic carbocycles. The molecule has 5 nitrogen and oxygen atoms in total. The van der Waals surface area contributed by atoms with Crippen LogP contribution in [0.4, 0.5) is 0 Å². The van der Waals surface area contributed by atoms with Gasteiger partial charge < -0.3 is 15.8 Å². The summed E-state index contributed by atoms with van der Waals surface area (Å²) in [5, 5.41) is 3.06. The Labute approximate surface area is 149 Å². The lowest BCUT2D eigenvalue weighted by atomic mass is 10.1. The lowest BCUT2D eigenvalue weighted by Crippen LogP contribution is -2.28. The van der Waals surface area contributed by atoms with Crippen LogP contribution in [-0.2, 0) is 0 Å². The lowest BCUT2D eigenvalue weighted by molar-refractivity contribution is 0.0934. The molecule has 0 aliphatic carbocycles. The van der Waals surface area contributed by atoms with E-state index < -0.39 is 0 Å². The molecule has 0 spiro atoms. The van der Waals surface area contributed by atoms with Gasteiger partial charge in [-0.3, -0.25) is 9.78 Å². The van der Waals surface area contributed by atoms with Gasteiger partial charge in [0.15, 0.2) is 0 Å². The van der Waals surface area contributed by atoms with E-state index in [-0.39, 0.29) is 11.9 Å². The Morgan fingerprint density at radius 2 is 2.08 bits per heavy atom. The number of nitrogens with one attached hydrogen (secondary N) is 1. The summed E-state index contributed by atoms with van der Waals surface area (Å²) in [6.45, 7) is 7.08. The Morgan fingerprint density at radius 3 is 2.76 bits per heavy atom. The summed E-state index contributed by atoms with van der Waals surface area (Å²) in [7, 11) is 0. The van der Waals surface area contributed by atoms with Gasteiger partial charge in [0, 0.05) is 11.3 Å². The fourth-order valence-corrected chi connectivity index (χ4v) is 2.55. The molecule has 25 heavy (non-hydrogen) atoms. The molecule has 1 atom stereocenters. The van der Waals surface area contributed by atoms with Crippen molar-refractivity contribution in [3.8, 4) is 5.75 Å². The predicted molar refractivity (Wildman–Crippen MR) is 99.8 cm³/mol. The summed E-state index contributed by atoms with van der Waals surface area (Å²) in [5.74, 6) is 0.599. The van der Waals surface area contributed by atoms with Gasteiger partial charge in [0.25, 0.3) is 5.91 Å². The molecule has 1 amide bonds. The van der Waals surface area contributed by atoms with Crippen LogP contribution < -0.4 is 15.8 Å². The molecule has 0 bridgehead atoms. The van der Waals surface area contributed by atoms with Crippen LogP contribution in [0, 0.1) is 13.8 Å². The van der Waals surface area contributed by atoms with Crippen LogP contribution in [0.25, 0.3) is 0 Å². The first-order valence-electron chi connectivity index (χ1n) is 8.73. The average molecular weight is 341 g/mol. The second-order valence-corrected chi connectivity index (χ2v) is 6.11. The lowest BCUT2D eigenvalue weighted by Gasteiger charge is -2.18. The van der Waals surface area contributed by atoms with Crippen LogP contribution in [0.2, 0.25) is 0 Å². The molecule has 1 heterocycles. The summed E-state index contributed by atoms with van der Waals surface area (Å²) < 4.78 is 5.73. The number of hydrogen-bond donors (Lipinski definition) is 2. The number of carbonyl (C=O) groups is 1. The number of nitrogens with zero attached hydrogens (tertiary/aromatic N) is 1. The first-order valence-corrected chi connectivity index (χ1v) is 8.73. The molecule has 3 N–H and O–H groups in total. The van der Waals surface area contributed by atoms with Gasteiger partial charge in [0.1, 0.15) is 5.75 Å². The van der Waals surface area contributed by atoms with Crippen molar-refractivity contribution in [1.29, 1.82) is 0 Å². The molecule has 0 saturated carbocycles. The summed E-state index contributed by atoms with van der Waals surface area (Å²) >= 11 is 0. The highest BCUT2D eigenvalue weighted by Gasteiger charge is 2.16. The SMILES string of the molecule is CC[C@H](NC(=O)c1ccc(C)c(OCCCN)c1)c1cccc(C)n1. The molecule has 1 aromatic heterocycles. The first-order chi connectivity index (χ1) is 12.0. The van der Waals surface area contributed by atoms with Crippen LogP contribution in [0.3, 0.4) is 0 Å². The topological polar surface area (TPSA) is 77.2 Å². The van der Waals surface area contributed by atoms with E-state index in [0.29, 0.717) is 18.7 Å². The van der Waals surface area contributed by atoms with Crippen LogP contribution >= 0.6 is 0 Å². The Hall–Kier alpha value is -2.40. The number of ether oxygens (including phenoxy) is 1. The quantitative estimate of drug-likeness (QED) is 0.722. The molecule has 2 rings (SSSR count). The highest BCUT2D eigenvalue weighted by molar-refractivity contribution is 5.95. The van der Waals surface area contributed by atoms with Crippen molar-refractivity contribution >= 4 is 5.91 Å². The van der Waals surface area contributed by atoms with E-state index >= 15 is 0 Å². The van der Waals surface area contributed by atoms with Crippen molar-refractivity contribution in [2.45, 2.75) is 39.7 Å². The normalized spacial score (nSPS) is 11.8. The maximum atomic E-state index is 12.7. The molecule has 0 radical (unpaired) electrons. The van der Waals surface area contributed by atoms with Gasteiger partial charge in [0.05, 0.1) is 18.3 Å².